The van der Waals surface area contributed by atoms with Crippen LogP contribution in [-0.2, 0) is 19.1 Å². The fraction of sp³-hybridized carbons (Fsp3) is 0.538. The quantitative estimate of drug-likeness (QED) is 0.155. The number of hydrogen-bond acceptors (Lipinski definition) is 11. The van der Waals surface area contributed by atoms with Gasteiger partial charge in [-0.15, -0.1) is 17.9 Å². The first kappa shape index (κ1) is 38.8. The van der Waals surface area contributed by atoms with Crippen molar-refractivity contribution in [2.45, 2.75) is 109 Å². The monoisotopic (exact) mass is 762 g/mol. The van der Waals surface area contributed by atoms with E-state index in [9.17, 15) is 24.3 Å². The van der Waals surface area contributed by atoms with Crippen LogP contribution in [0.5, 0.6) is 11.5 Å². The summed E-state index contributed by atoms with van der Waals surface area (Å²) in [5, 5.41) is 22.2. The van der Waals surface area contributed by atoms with Crippen molar-refractivity contribution in [3.63, 3.8) is 0 Å². The molecule has 2 aromatic heterocycles. The number of carboxylic acid groups (broad SMARTS) is 1. The Labute approximate surface area is 319 Å². The van der Waals surface area contributed by atoms with Crippen LogP contribution in [0, 0.1) is 11.3 Å². The predicted molar refractivity (Wildman–Crippen MR) is 205 cm³/mol. The molecule has 3 aromatic rings. The lowest BCUT2D eigenvalue weighted by Crippen LogP contribution is -2.59. The lowest BCUT2D eigenvalue weighted by Gasteiger charge is -2.35. The first-order valence-corrected chi connectivity index (χ1v) is 19.3. The van der Waals surface area contributed by atoms with Crippen LogP contribution in [0.3, 0.4) is 0 Å². The molecule has 3 heterocycles. The van der Waals surface area contributed by atoms with Crippen LogP contribution in [0.1, 0.15) is 73.1 Å². The fourth-order valence-corrected chi connectivity index (χ4v) is 7.98. The number of amides is 3. The van der Waals surface area contributed by atoms with Crippen molar-refractivity contribution in [3.05, 3.63) is 42.3 Å². The molecule has 5 atom stereocenters. The number of thiazole rings is 1. The van der Waals surface area contributed by atoms with Crippen molar-refractivity contribution in [1.82, 2.24) is 25.5 Å². The number of alkyl carbamates (subject to hydrolysis) is 1. The number of nitrogens with zero attached hydrogens (tertiary/aromatic N) is 3. The Balaban J connectivity index is 1.32. The number of nitrogens with one attached hydrogen (secondary N) is 3. The molecule has 1 aromatic carbocycles. The summed E-state index contributed by atoms with van der Waals surface area (Å²) >= 11 is 1.43. The molecule has 6 rings (SSSR count). The number of aliphatic carboxylic acids is 1. The molecule has 1 saturated heterocycles. The van der Waals surface area contributed by atoms with Crippen molar-refractivity contribution in [3.8, 4) is 22.2 Å². The Bertz CT molecular complexity index is 1920. The minimum atomic E-state index is -1.51. The van der Waals surface area contributed by atoms with Gasteiger partial charge in [0.1, 0.15) is 57.8 Å². The van der Waals surface area contributed by atoms with Crippen LogP contribution in [0.25, 0.3) is 21.6 Å². The van der Waals surface area contributed by atoms with Gasteiger partial charge in [-0.2, -0.15) is 0 Å². The van der Waals surface area contributed by atoms with Gasteiger partial charge in [-0.05, 0) is 63.5 Å². The van der Waals surface area contributed by atoms with Crippen molar-refractivity contribution in [2.75, 3.05) is 19.0 Å². The molecule has 2 aliphatic carbocycles. The van der Waals surface area contributed by atoms with Crippen molar-refractivity contribution < 1.29 is 38.5 Å². The Morgan fingerprint density at radius 2 is 1.85 bits per heavy atom. The second-order valence-electron chi connectivity index (χ2n) is 15.8. The summed E-state index contributed by atoms with van der Waals surface area (Å²) in [5.41, 5.74) is -1.12. The molecule has 2 saturated carbocycles. The molecule has 0 bridgehead atoms. The van der Waals surface area contributed by atoms with Crippen LogP contribution in [-0.4, -0.2) is 93.4 Å². The van der Waals surface area contributed by atoms with Crippen LogP contribution >= 0.6 is 11.3 Å². The normalized spacial score (nSPS) is 23.2. The number of carbonyl (C=O) groups excluding carboxylic acids is 3. The van der Waals surface area contributed by atoms with Crippen LogP contribution in [0.15, 0.2) is 42.3 Å². The largest absolute Gasteiger partial charge is 0.497 e. The van der Waals surface area contributed by atoms with Gasteiger partial charge >= 0.3 is 12.1 Å². The minimum absolute atomic E-state index is 0.0111. The lowest BCUT2D eigenvalue weighted by atomic mass is 9.85. The van der Waals surface area contributed by atoms with Gasteiger partial charge in [-0.1, -0.05) is 26.8 Å². The summed E-state index contributed by atoms with van der Waals surface area (Å²) < 4.78 is 17.8. The summed E-state index contributed by atoms with van der Waals surface area (Å²) in [6, 6.07) is 5.26. The van der Waals surface area contributed by atoms with Gasteiger partial charge in [0, 0.05) is 41.3 Å². The summed E-state index contributed by atoms with van der Waals surface area (Å²) in [4.78, 5) is 65.1. The molecule has 54 heavy (non-hydrogen) atoms. The summed E-state index contributed by atoms with van der Waals surface area (Å²) in [7, 11) is 1.57. The zero-order valence-electron chi connectivity index (χ0n) is 31.6. The van der Waals surface area contributed by atoms with E-state index in [1.54, 1.807) is 25.3 Å². The number of rotatable bonds is 13. The Kier molecular flexibility index (Phi) is 11.1. The predicted octanol–water partition coefficient (Wildman–Crippen LogP) is 5.76. The van der Waals surface area contributed by atoms with Gasteiger partial charge < -0.3 is 40.2 Å². The van der Waals surface area contributed by atoms with E-state index in [1.807, 2.05) is 46.1 Å². The van der Waals surface area contributed by atoms with Crippen LogP contribution < -0.4 is 25.4 Å². The van der Waals surface area contributed by atoms with Crippen molar-refractivity contribution in [1.29, 1.82) is 0 Å². The second-order valence-corrected chi connectivity index (χ2v) is 16.6. The van der Waals surface area contributed by atoms with Gasteiger partial charge in [0.15, 0.2) is 0 Å². The van der Waals surface area contributed by atoms with E-state index < -0.39 is 58.9 Å². The average Bonchev–Trinajstić information content (AvgIpc) is 3.53. The van der Waals surface area contributed by atoms with Gasteiger partial charge in [-0.3, -0.25) is 9.59 Å². The maximum Gasteiger partial charge on any atom is 0.408 e. The molecule has 3 fully saturated rings. The van der Waals surface area contributed by atoms with Gasteiger partial charge in [0.05, 0.1) is 19.2 Å². The number of benzene rings is 1. The zero-order chi connectivity index (χ0) is 38.9. The number of carboxylic acids is 1. The van der Waals surface area contributed by atoms with E-state index in [0.29, 0.717) is 33.1 Å². The standard InChI is InChI=1S/C39H50N6O8S/c1-8-22-18-39(22,36(48)49)44-33(46)29-16-25(19-45(29)35(47)32(38(4,5)6)43-37(50)53-23-11-9-10-12-23)52-30-17-28(34-42-31(20-54-34)40-21(2)3)41-27-15-24(51-7)13-14-26(27)30/h8,13-15,17,20-23,25,29,32,40H,1,9-12,16,18-19H2,2-7H3,(H,43,50)(H,44,46)(H,48,49)/t22-,25-,29+,32-,39-/m1/s1. The number of likely N-dealkylation sites (tertiary alicyclic amines) is 1. The first-order chi connectivity index (χ1) is 25.6. The molecule has 14 nitrogen and oxygen atoms in total. The molecular formula is C39H50N6O8S. The number of methoxy groups -OCH3 is 1. The summed E-state index contributed by atoms with van der Waals surface area (Å²) in [6.45, 7) is 13.2. The SMILES string of the molecule is C=C[C@@H]1C[C@]1(NC(=O)[C@@H]1C[C@@H](Oc2cc(-c3nc(NC(C)C)cs3)nc3cc(OC)ccc23)CN1C(=O)[C@@H](NC(=O)OC1CCCC1)C(C)(C)C)C(=O)O. The highest BCUT2D eigenvalue weighted by atomic mass is 32.1. The Morgan fingerprint density at radius 3 is 2.48 bits per heavy atom. The van der Waals surface area contributed by atoms with Crippen molar-refractivity contribution in [2.24, 2.45) is 11.3 Å². The molecule has 0 unspecified atom stereocenters. The van der Waals surface area contributed by atoms with E-state index in [1.165, 1.54) is 22.3 Å². The highest BCUT2D eigenvalue weighted by Crippen LogP contribution is 2.45. The topological polar surface area (TPSA) is 181 Å². The average molecular weight is 763 g/mol. The minimum Gasteiger partial charge on any atom is -0.497 e. The highest BCUT2D eigenvalue weighted by molar-refractivity contribution is 7.13. The number of carbonyl (C=O) groups is 4. The molecule has 0 radical (unpaired) electrons. The molecule has 3 aliphatic rings. The van der Waals surface area contributed by atoms with Gasteiger partial charge in [0.25, 0.3) is 0 Å². The molecule has 4 N–H and O–H groups in total. The molecule has 290 valence electrons. The molecule has 1 aliphatic heterocycles. The smallest absolute Gasteiger partial charge is 0.408 e. The van der Waals surface area contributed by atoms with Crippen LogP contribution in [0.4, 0.5) is 10.6 Å². The maximum absolute atomic E-state index is 14.6. The van der Waals surface area contributed by atoms with Gasteiger partial charge in [-0.25, -0.2) is 19.6 Å². The number of hydrogen-bond donors (Lipinski definition) is 4. The maximum atomic E-state index is 14.6. The molecular weight excluding hydrogens is 713 g/mol. The number of pyridine rings is 1. The van der Waals surface area contributed by atoms with Gasteiger partial charge in [0.2, 0.25) is 11.8 Å². The summed E-state index contributed by atoms with van der Waals surface area (Å²) in [6.07, 6.45) is 3.64. The second kappa shape index (κ2) is 15.4. The zero-order valence-corrected chi connectivity index (χ0v) is 32.5. The number of ether oxygens (including phenoxy) is 3. The fourth-order valence-electron chi connectivity index (χ4n) is 7.26. The Hall–Kier alpha value is -4.92. The van der Waals surface area contributed by atoms with E-state index in [2.05, 4.69) is 22.5 Å². The third kappa shape index (κ3) is 8.25. The lowest BCUT2D eigenvalue weighted by molar-refractivity contribution is -0.146. The van der Waals surface area contributed by atoms with Crippen LogP contribution in [0.2, 0.25) is 0 Å². The van der Waals surface area contributed by atoms with E-state index in [-0.39, 0.29) is 31.5 Å². The number of aromatic nitrogens is 2. The van der Waals surface area contributed by atoms with E-state index >= 15 is 0 Å². The Morgan fingerprint density at radius 1 is 1.11 bits per heavy atom. The van der Waals surface area contributed by atoms with Crippen molar-refractivity contribution >= 4 is 51.9 Å². The number of fused-ring (bicyclic) bond motifs is 1. The molecule has 0 spiro atoms. The number of anilines is 1. The highest BCUT2D eigenvalue weighted by Gasteiger charge is 2.61. The first-order valence-electron chi connectivity index (χ1n) is 18.4. The van der Waals surface area contributed by atoms with E-state index in [4.69, 9.17) is 24.2 Å². The third-order valence-electron chi connectivity index (χ3n) is 10.3. The summed E-state index contributed by atoms with van der Waals surface area (Å²) in [5.74, 6) is -0.963. The molecule has 15 heteroatoms. The third-order valence-corrected chi connectivity index (χ3v) is 11.1. The molecule has 3 amide bonds. The van der Waals surface area contributed by atoms with E-state index in [0.717, 1.165) is 31.5 Å².